The zero-order valence-corrected chi connectivity index (χ0v) is 20.0. The van der Waals surface area contributed by atoms with Crippen molar-refractivity contribution in [2.45, 2.75) is 13.1 Å². The van der Waals surface area contributed by atoms with E-state index in [9.17, 15) is 13.2 Å². The van der Waals surface area contributed by atoms with E-state index in [1.54, 1.807) is 6.07 Å². The normalized spacial score (nSPS) is 14.1. The topological polar surface area (TPSA) is 0 Å². The third-order valence-corrected chi connectivity index (χ3v) is 10.5. The molecule has 0 heterocycles. The van der Waals surface area contributed by atoms with Crippen LogP contribution >= 0.6 is 6.89 Å². The number of hydrogen-bond donors (Lipinski definition) is 0. The summed E-state index contributed by atoms with van der Waals surface area (Å²) in [6.45, 7) is -0.654. The Morgan fingerprint density at radius 3 is 1.89 bits per heavy atom. The number of rotatable bonds is 3. The van der Waals surface area contributed by atoms with Crippen LogP contribution in [0.2, 0.25) is 0 Å². The quantitative estimate of drug-likeness (QED) is 0.180. The minimum atomic E-state index is -4.42. The van der Waals surface area contributed by atoms with Gasteiger partial charge in [0.2, 0.25) is 0 Å². The van der Waals surface area contributed by atoms with Gasteiger partial charge in [-0.1, -0.05) is 103 Å². The lowest BCUT2D eigenvalue weighted by atomic mass is 9.94. The number of alkyl halides is 3. The Morgan fingerprint density at radius 1 is 0.629 bits per heavy atom. The first-order valence-electron chi connectivity index (χ1n) is 11.4. The van der Waals surface area contributed by atoms with Crippen LogP contribution in [0, 0.1) is 6.92 Å². The largest absolute Gasteiger partial charge is 0.416 e. The van der Waals surface area contributed by atoms with Gasteiger partial charge in [0.25, 0.3) is 0 Å². The van der Waals surface area contributed by atoms with Gasteiger partial charge in [0.05, 0.1) is 5.56 Å². The highest BCUT2D eigenvalue weighted by Crippen LogP contribution is 2.47. The predicted molar refractivity (Wildman–Crippen MR) is 146 cm³/mol. The lowest BCUT2D eigenvalue weighted by molar-refractivity contribution is -0.137. The lowest BCUT2D eigenvalue weighted by Gasteiger charge is -2.29. The molecule has 0 N–H and O–H groups in total. The van der Waals surface area contributed by atoms with Crippen molar-refractivity contribution in [1.82, 2.24) is 0 Å². The van der Waals surface area contributed by atoms with E-state index in [2.05, 4.69) is 60.7 Å². The van der Waals surface area contributed by atoms with Crippen LogP contribution in [0.15, 0.2) is 103 Å². The monoisotopic (exact) mass is 482 g/mol. The van der Waals surface area contributed by atoms with E-state index in [4.69, 9.17) is 6.30 Å². The van der Waals surface area contributed by atoms with Gasteiger partial charge in [0.15, 0.2) is 0 Å². The van der Waals surface area contributed by atoms with Crippen molar-refractivity contribution in [3.63, 3.8) is 0 Å². The van der Waals surface area contributed by atoms with Crippen LogP contribution in [-0.4, -0.2) is 6.30 Å². The van der Waals surface area contributed by atoms with Crippen LogP contribution < -0.4 is 15.9 Å². The third kappa shape index (κ3) is 3.38. The molecule has 0 saturated heterocycles. The van der Waals surface area contributed by atoms with Gasteiger partial charge in [-0.2, -0.15) is 13.2 Å². The van der Waals surface area contributed by atoms with Crippen molar-refractivity contribution in [3.8, 4) is 0 Å². The van der Waals surface area contributed by atoms with E-state index in [-0.39, 0.29) is 0 Å². The molecule has 0 radical (unpaired) electrons. The van der Waals surface area contributed by atoms with E-state index >= 15 is 0 Å². The van der Waals surface area contributed by atoms with Gasteiger partial charge in [0.1, 0.15) is 0 Å². The first kappa shape index (κ1) is 21.9. The van der Waals surface area contributed by atoms with Gasteiger partial charge in [-0.15, -0.1) is 0 Å². The van der Waals surface area contributed by atoms with Crippen LogP contribution in [0.5, 0.6) is 0 Å². The van der Waals surface area contributed by atoms with Gasteiger partial charge < -0.3 is 0 Å². The van der Waals surface area contributed by atoms with Crippen molar-refractivity contribution in [2.75, 3.05) is 0 Å². The van der Waals surface area contributed by atoms with Crippen LogP contribution in [0.3, 0.4) is 0 Å². The predicted octanol–water partition coefficient (Wildman–Crippen LogP) is 7.64. The molecule has 0 aliphatic carbocycles. The number of benzene rings is 6. The molecule has 0 aromatic heterocycles. The van der Waals surface area contributed by atoms with E-state index in [0.29, 0.717) is 5.30 Å². The summed E-state index contributed by atoms with van der Waals surface area (Å²) in [6, 6.07) is 32.7. The zero-order valence-electron chi connectivity index (χ0n) is 19.1. The molecule has 0 saturated carbocycles. The van der Waals surface area contributed by atoms with E-state index < -0.39 is 18.6 Å². The van der Waals surface area contributed by atoms with Gasteiger partial charge in [-0.25, -0.2) is 0 Å². The Bertz CT molecular complexity index is 1760. The van der Waals surface area contributed by atoms with Crippen molar-refractivity contribution in [1.29, 1.82) is 0 Å². The average molecular weight is 482 g/mol. The van der Waals surface area contributed by atoms with Gasteiger partial charge >= 0.3 is 6.18 Å². The van der Waals surface area contributed by atoms with Crippen LogP contribution in [0.1, 0.15) is 11.1 Å². The minimum absolute atomic E-state index is 0.618. The van der Waals surface area contributed by atoms with Gasteiger partial charge in [-0.3, -0.25) is 0 Å². The number of halogens is 3. The molecule has 0 fully saturated rings. The Kier molecular flexibility index (Phi) is 4.85. The first-order chi connectivity index (χ1) is 16.8. The van der Waals surface area contributed by atoms with Crippen LogP contribution in [0.25, 0.3) is 32.3 Å². The molecule has 0 spiro atoms. The molecule has 6 aromatic carbocycles. The van der Waals surface area contributed by atoms with Gasteiger partial charge in [-0.05, 0) is 74.2 Å². The first-order valence-corrected chi connectivity index (χ1v) is 13.4. The molecule has 4 heteroatoms. The molecule has 0 nitrogen and oxygen atoms in total. The van der Waals surface area contributed by atoms with Crippen LogP contribution in [-0.2, 0) is 6.18 Å². The van der Waals surface area contributed by atoms with E-state index in [1.807, 2.05) is 25.1 Å². The van der Waals surface area contributed by atoms with E-state index in [0.717, 1.165) is 49.2 Å². The minimum Gasteiger partial charge on any atom is -0.166 e. The lowest BCUT2D eigenvalue weighted by Crippen LogP contribution is -2.27. The zero-order chi connectivity index (χ0) is 24.4. The molecule has 6 aromatic rings. The van der Waals surface area contributed by atoms with Crippen molar-refractivity contribution in [2.24, 2.45) is 0 Å². The Hall–Kier alpha value is -3.55. The van der Waals surface area contributed by atoms with Crippen LogP contribution in [0.4, 0.5) is 13.2 Å². The second-order valence-corrected chi connectivity index (χ2v) is 12.3. The van der Waals surface area contributed by atoms with Crippen molar-refractivity contribution >= 4 is 61.4 Å². The highest BCUT2D eigenvalue weighted by Gasteiger charge is 2.33. The highest BCUT2D eigenvalue weighted by molar-refractivity contribution is 7.93. The smallest absolute Gasteiger partial charge is 0.166 e. The molecule has 0 bridgehead atoms. The molecular weight excluding hydrogens is 460 g/mol. The summed E-state index contributed by atoms with van der Waals surface area (Å²) in [5, 5.41) is 9.38. The molecular formula is C31H22F3P. The molecule has 35 heavy (non-hydrogen) atoms. The number of aryl methyl sites for hydroxylation is 1. The third-order valence-electron chi connectivity index (χ3n) is 6.97. The number of hydrogen-bond acceptors (Lipinski definition) is 0. The second kappa shape index (κ2) is 7.73. The Balaban J connectivity index is 1.75. The maximum atomic E-state index is 13.7. The SMILES string of the molecule is C=P(c1cccc(C)c1)(c1cccc(C(F)(F)F)c1)c1ccc2ccc3cccc4ccc1c2c34. The summed E-state index contributed by atoms with van der Waals surface area (Å²) in [5.74, 6) is 0. The molecule has 0 aliphatic heterocycles. The fraction of sp³-hybridized carbons (Fsp3) is 0.0645. The average Bonchev–Trinajstić information content (AvgIpc) is 2.86. The fourth-order valence-electron chi connectivity index (χ4n) is 5.27. The standard InChI is InChI=1S/C31H22F3P/c1-20-6-3-10-25(18-20)35(2,26-11-5-9-24(19-26)31(32,33)34)28-17-15-23-13-12-21-7-4-8-22-14-16-27(28)30(23)29(21)22/h3-19H,2H2,1H3. The summed E-state index contributed by atoms with van der Waals surface area (Å²) in [7, 11) is 0. The summed E-state index contributed by atoms with van der Waals surface area (Å²) < 4.78 is 41.2. The summed E-state index contributed by atoms with van der Waals surface area (Å²) in [5.41, 5.74) is 0.411. The van der Waals surface area contributed by atoms with Gasteiger partial charge in [0, 0.05) is 0 Å². The Labute approximate surface area is 202 Å². The highest BCUT2D eigenvalue weighted by atomic mass is 31.2. The molecule has 0 amide bonds. The second-order valence-electron chi connectivity index (χ2n) is 9.14. The molecule has 172 valence electrons. The Morgan fingerprint density at radius 2 is 1.20 bits per heavy atom. The maximum Gasteiger partial charge on any atom is 0.416 e. The van der Waals surface area contributed by atoms with Crippen molar-refractivity contribution < 1.29 is 13.2 Å². The van der Waals surface area contributed by atoms with E-state index in [1.165, 1.54) is 17.5 Å². The summed E-state index contributed by atoms with van der Waals surface area (Å²) in [4.78, 5) is 0. The molecule has 0 aliphatic rings. The molecule has 1 unspecified atom stereocenters. The van der Waals surface area contributed by atoms with Crippen molar-refractivity contribution in [3.05, 3.63) is 114 Å². The molecule has 6 rings (SSSR count). The molecule has 1 atom stereocenters. The summed E-state index contributed by atoms with van der Waals surface area (Å²) >= 11 is 0. The fourth-order valence-corrected chi connectivity index (χ4v) is 8.51. The summed E-state index contributed by atoms with van der Waals surface area (Å²) in [6.07, 6.45) is 0.350. The maximum absolute atomic E-state index is 13.7.